The topological polar surface area (TPSA) is 75.1 Å². The van der Waals surface area contributed by atoms with Crippen LogP contribution in [0.15, 0.2) is 6.20 Å². The number of amides is 1. The van der Waals surface area contributed by atoms with Crippen molar-refractivity contribution >= 4 is 5.91 Å². The maximum atomic E-state index is 12.4. The fourth-order valence-electron chi connectivity index (χ4n) is 3.37. The molecule has 2 saturated heterocycles. The highest BCUT2D eigenvalue weighted by Crippen LogP contribution is 2.19. The van der Waals surface area contributed by atoms with E-state index in [1.54, 1.807) is 10.9 Å². The van der Waals surface area contributed by atoms with E-state index in [1.165, 1.54) is 6.42 Å². The molecule has 0 radical (unpaired) electrons. The number of nitrogens with zero attached hydrogens (tertiary/aromatic N) is 4. The number of nitrogens with one attached hydrogen (secondary N) is 2. The van der Waals surface area contributed by atoms with Gasteiger partial charge in [-0.25, -0.2) is 4.68 Å². The van der Waals surface area contributed by atoms with Gasteiger partial charge < -0.3 is 15.5 Å². The van der Waals surface area contributed by atoms with E-state index in [9.17, 15) is 4.79 Å². The van der Waals surface area contributed by atoms with E-state index < -0.39 is 0 Å². The van der Waals surface area contributed by atoms with Crippen LogP contribution in [0, 0.1) is 5.92 Å². The monoisotopic (exact) mass is 306 g/mol. The van der Waals surface area contributed by atoms with E-state index in [4.69, 9.17) is 0 Å². The fourth-order valence-corrected chi connectivity index (χ4v) is 3.37. The van der Waals surface area contributed by atoms with Crippen LogP contribution in [0.2, 0.25) is 0 Å². The Morgan fingerprint density at radius 3 is 2.95 bits per heavy atom. The van der Waals surface area contributed by atoms with Gasteiger partial charge in [-0.2, -0.15) is 0 Å². The number of likely N-dealkylation sites (tertiary alicyclic amines) is 1. The predicted molar refractivity (Wildman–Crippen MR) is 83.7 cm³/mol. The fraction of sp³-hybridized carbons (Fsp3) is 0.800. The second kappa shape index (κ2) is 7.19. The van der Waals surface area contributed by atoms with Crippen molar-refractivity contribution in [3.63, 3.8) is 0 Å². The highest BCUT2D eigenvalue weighted by atomic mass is 16.2. The Morgan fingerprint density at radius 2 is 2.23 bits per heavy atom. The molecule has 3 rings (SSSR count). The Balaban J connectivity index is 1.50. The Labute approximate surface area is 131 Å². The molecule has 1 aromatic heterocycles. The van der Waals surface area contributed by atoms with Crippen LogP contribution in [0.5, 0.6) is 0 Å². The Bertz CT molecular complexity index is 496. The molecule has 7 nitrogen and oxygen atoms in total. The van der Waals surface area contributed by atoms with Crippen molar-refractivity contribution in [3.05, 3.63) is 11.9 Å². The normalized spacial score (nSPS) is 23.8. The summed E-state index contributed by atoms with van der Waals surface area (Å²) in [5, 5.41) is 14.4. The Morgan fingerprint density at radius 1 is 1.41 bits per heavy atom. The van der Waals surface area contributed by atoms with Crippen LogP contribution in [0.3, 0.4) is 0 Å². The summed E-state index contributed by atoms with van der Waals surface area (Å²) in [6.45, 7) is 8.11. The molecule has 2 fully saturated rings. The molecule has 122 valence electrons. The van der Waals surface area contributed by atoms with Crippen molar-refractivity contribution in [2.45, 2.75) is 32.2 Å². The lowest BCUT2D eigenvalue weighted by Crippen LogP contribution is -2.36. The Hall–Kier alpha value is -1.47. The van der Waals surface area contributed by atoms with Crippen LogP contribution in [-0.4, -0.2) is 65.1 Å². The lowest BCUT2D eigenvalue weighted by molar-refractivity contribution is 0.0934. The average Bonchev–Trinajstić information content (AvgIpc) is 3.17. The van der Waals surface area contributed by atoms with Crippen molar-refractivity contribution in [2.24, 2.45) is 5.92 Å². The molecule has 0 saturated carbocycles. The number of piperidine rings is 1. The van der Waals surface area contributed by atoms with E-state index >= 15 is 0 Å². The molecule has 2 aliphatic rings. The lowest BCUT2D eigenvalue weighted by atomic mass is 10.1. The summed E-state index contributed by atoms with van der Waals surface area (Å²) in [7, 11) is 0. The zero-order valence-electron chi connectivity index (χ0n) is 13.3. The van der Waals surface area contributed by atoms with Crippen LogP contribution < -0.4 is 10.6 Å². The van der Waals surface area contributed by atoms with Gasteiger partial charge in [-0.1, -0.05) is 12.1 Å². The first-order chi connectivity index (χ1) is 10.7. The van der Waals surface area contributed by atoms with Crippen molar-refractivity contribution in [1.82, 2.24) is 30.5 Å². The highest BCUT2D eigenvalue weighted by Gasteiger charge is 2.22. The third-order valence-corrected chi connectivity index (χ3v) is 4.68. The molecular formula is C15H26N6O. The molecule has 0 aromatic carbocycles. The van der Waals surface area contributed by atoms with Crippen LogP contribution in [0.4, 0.5) is 0 Å². The van der Waals surface area contributed by atoms with Gasteiger partial charge in [-0.15, -0.1) is 5.10 Å². The maximum Gasteiger partial charge on any atom is 0.271 e. The quantitative estimate of drug-likeness (QED) is 0.817. The molecule has 0 bridgehead atoms. The largest absolute Gasteiger partial charge is 0.349 e. The molecule has 22 heavy (non-hydrogen) atoms. The van der Waals surface area contributed by atoms with Gasteiger partial charge in [0.05, 0.1) is 12.2 Å². The van der Waals surface area contributed by atoms with Crippen LogP contribution >= 0.6 is 0 Å². The number of aromatic nitrogens is 3. The minimum Gasteiger partial charge on any atom is -0.349 e. The van der Waals surface area contributed by atoms with Gasteiger partial charge in [0.15, 0.2) is 0 Å². The summed E-state index contributed by atoms with van der Waals surface area (Å²) in [6.07, 6.45) is 4.83. The first-order valence-electron chi connectivity index (χ1n) is 8.35. The predicted octanol–water partition coefficient (Wildman–Crippen LogP) is 0.274. The van der Waals surface area contributed by atoms with E-state index in [0.29, 0.717) is 12.2 Å². The second-order valence-electron chi connectivity index (χ2n) is 6.50. The molecule has 1 atom stereocenters. The molecule has 0 aliphatic carbocycles. The van der Waals surface area contributed by atoms with E-state index in [1.807, 2.05) is 0 Å². The molecular weight excluding hydrogens is 280 g/mol. The zero-order valence-corrected chi connectivity index (χ0v) is 13.3. The van der Waals surface area contributed by atoms with Gasteiger partial charge in [0.1, 0.15) is 5.69 Å². The van der Waals surface area contributed by atoms with Crippen LogP contribution in [0.1, 0.15) is 42.7 Å². The SMILES string of the molecule is CC1CCN(CCNC(=O)c2cnnn2C2CCNCC2)C1. The summed E-state index contributed by atoms with van der Waals surface area (Å²) < 4.78 is 1.80. The van der Waals surface area contributed by atoms with Crippen molar-refractivity contribution in [3.8, 4) is 0 Å². The van der Waals surface area contributed by atoms with Crippen LogP contribution in [-0.2, 0) is 0 Å². The van der Waals surface area contributed by atoms with Crippen molar-refractivity contribution in [2.75, 3.05) is 39.3 Å². The highest BCUT2D eigenvalue weighted by molar-refractivity contribution is 5.92. The molecule has 0 spiro atoms. The van der Waals surface area contributed by atoms with Crippen molar-refractivity contribution < 1.29 is 4.79 Å². The molecule has 2 aliphatic heterocycles. The summed E-state index contributed by atoms with van der Waals surface area (Å²) >= 11 is 0. The van der Waals surface area contributed by atoms with Gasteiger partial charge in [-0.05, 0) is 44.8 Å². The number of carbonyl (C=O) groups is 1. The van der Waals surface area contributed by atoms with Gasteiger partial charge >= 0.3 is 0 Å². The van der Waals surface area contributed by atoms with E-state index in [-0.39, 0.29) is 11.9 Å². The molecule has 2 N–H and O–H groups in total. The van der Waals surface area contributed by atoms with Gasteiger partial charge in [0.25, 0.3) is 5.91 Å². The summed E-state index contributed by atoms with van der Waals surface area (Å²) in [4.78, 5) is 14.8. The average molecular weight is 306 g/mol. The number of carbonyl (C=O) groups excluding carboxylic acids is 1. The molecule has 1 amide bonds. The third-order valence-electron chi connectivity index (χ3n) is 4.68. The summed E-state index contributed by atoms with van der Waals surface area (Å²) in [5.74, 6) is 0.719. The van der Waals surface area contributed by atoms with E-state index in [0.717, 1.165) is 51.5 Å². The van der Waals surface area contributed by atoms with E-state index in [2.05, 4.69) is 32.8 Å². The summed E-state index contributed by atoms with van der Waals surface area (Å²) in [5.41, 5.74) is 0.585. The van der Waals surface area contributed by atoms with Gasteiger partial charge in [0.2, 0.25) is 0 Å². The maximum absolute atomic E-state index is 12.4. The minimum absolute atomic E-state index is 0.0595. The molecule has 3 heterocycles. The van der Waals surface area contributed by atoms with Crippen molar-refractivity contribution in [1.29, 1.82) is 0 Å². The van der Waals surface area contributed by atoms with Gasteiger partial charge in [-0.3, -0.25) is 4.79 Å². The lowest BCUT2D eigenvalue weighted by Gasteiger charge is -2.23. The standard InChI is InChI=1S/C15H26N6O/c1-12-4-8-20(11-12)9-7-17-15(22)14-10-18-19-21(14)13-2-5-16-6-3-13/h10,12-13,16H,2-9,11H2,1H3,(H,17,22). The number of hydrogen-bond acceptors (Lipinski definition) is 5. The number of hydrogen-bond donors (Lipinski definition) is 2. The third kappa shape index (κ3) is 3.64. The zero-order chi connectivity index (χ0) is 15.4. The first kappa shape index (κ1) is 15.4. The second-order valence-corrected chi connectivity index (χ2v) is 6.50. The Kier molecular flexibility index (Phi) is 5.04. The van der Waals surface area contributed by atoms with Crippen LogP contribution in [0.25, 0.3) is 0 Å². The molecule has 7 heteroatoms. The van der Waals surface area contributed by atoms with Gasteiger partial charge in [0, 0.05) is 19.6 Å². The minimum atomic E-state index is -0.0595. The number of rotatable bonds is 5. The molecule has 1 unspecified atom stereocenters. The first-order valence-corrected chi connectivity index (χ1v) is 8.35. The smallest absolute Gasteiger partial charge is 0.271 e. The summed E-state index contributed by atoms with van der Waals surface area (Å²) in [6, 6.07) is 0.281. The molecule has 1 aromatic rings.